The van der Waals surface area contributed by atoms with E-state index in [2.05, 4.69) is 10.6 Å². The van der Waals surface area contributed by atoms with Crippen LogP contribution in [0.15, 0.2) is 0 Å². The summed E-state index contributed by atoms with van der Waals surface area (Å²) in [6.07, 6.45) is 3.61. The van der Waals surface area contributed by atoms with Crippen molar-refractivity contribution in [1.82, 2.24) is 15.5 Å². The molecule has 96 valence electrons. The molecule has 1 saturated heterocycles. The molecule has 0 aromatic carbocycles. The summed E-state index contributed by atoms with van der Waals surface area (Å²) >= 11 is 0. The Kier molecular flexibility index (Phi) is 3.66. The van der Waals surface area contributed by atoms with Gasteiger partial charge in [0.15, 0.2) is 0 Å². The number of carbonyl (C=O) groups excluding carboxylic acids is 2. The molecule has 0 spiro atoms. The average Bonchev–Trinajstić information content (AvgIpc) is 2.89. The van der Waals surface area contributed by atoms with Crippen molar-refractivity contribution in [3.8, 4) is 0 Å². The Morgan fingerprint density at radius 2 is 2.18 bits per heavy atom. The molecule has 1 aliphatic carbocycles. The molecule has 0 bridgehead atoms. The monoisotopic (exact) mass is 239 g/mol. The topological polar surface area (TPSA) is 61.4 Å². The molecule has 0 radical (unpaired) electrons. The molecule has 5 heteroatoms. The highest BCUT2D eigenvalue weighted by Crippen LogP contribution is 2.38. The molecule has 5 nitrogen and oxygen atoms in total. The van der Waals surface area contributed by atoms with Gasteiger partial charge in [0.2, 0.25) is 11.8 Å². The van der Waals surface area contributed by atoms with Crippen molar-refractivity contribution in [2.24, 2.45) is 11.8 Å². The van der Waals surface area contributed by atoms with Gasteiger partial charge in [-0.15, -0.1) is 0 Å². The third kappa shape index (κ3) is 2.44. The van der Waals surface area contributed by atoms with Gasteiger partial charge in [-0.05, 0) is 31.2 Å². The van der Waals surface area contributed by atoms with Gasteiger partial charge in [-0.3, -0.25) is 9.59 Å². The van der Waals surface area contributed by atoms with Gasteiger partial charge >= 0.3 is 0 Å². The Balaban J connectivity index is 1.93. The molecular weight excluding hydrogens is 218 g/mol. The van der Waals surface area contributed by atoms with Crippen LogP contribution < -0.4 is 10.6 Å². The van der Waals surface area contributed by atoms with E-state index in [9.17, 15) is 9.59 Å². The molecule has 2 amide bonds. The third-order valence-electron chi connectivity index (χ3n) is 4.05. The van der Waals surface area contributed by atoms with Crippen molar-refractivity contribution in [2.45, 2.75) is 25.3 Å². The number of hydrogen-bond acceptors (Lipinski definition) is 3. The predicted molar refractivity (Wildman–Crippen MR) is 64.3 cm³/mol. The lowest BCUT2D eigenvalue weighted by atomic mass is 9.93. The van der Waals surface area contributed by atoms with Crippen LogP contribution in [0.5, 0.6) is 0 Å². The van der Waals surface area contributed by atoms with Gasteiger partial charge in [-0.1, -0.05) is 6.42 Å². The first-order chi connectivity index (χ1) is 8.13. The van der Waals surface area contributed by atoms with Crippen LogP contribution in [0.2, 0.25) is 0 Å². The quantitative estimate of drug-likeness (QED) is 0.703. The minimum absolute atomic E-state index is 0.0583. The van der Waals surface area contributed by atoms with E-state index in [0.29, 0.717) is 11.8 Å². The summed E-state index contributed by atoms with van der Waals surface area (Å²) in [6, 6.07) is -0.0721. The van der Waals surface area contributed by atoms with Crippen molar-refractivity contribution in [2.75, 3.05) is 27.2 Å². The number of rotatable bonds is 3. The van der Waals surface area contributed by atoms with Crippen molar-refractivity contribution >= 4 is 11.8 Å². The van der Waals surface area contributed by atoms with Gasteiger partial charge in [-0.25, -0.2) is 0 Å². The van der Waals surface area contributed by atoms with Gasteiger partial charge in [0.25, 0.3) is 0 Å². The number of likely N-dealkylation sites (N-methyl/N-ethyl adjacent to an activating group) is 2. The Morgan fingerprint density at radius 1 is 1.41 bits per heavy atom. The van der Waals surface area contributed by atoms with Crippen LogP contribution in [0, 0.1) is 11.8 Å². The molecule has 2 fully saturated rings. The van der Waals surface area contributed by atoms with Crippen molar-refractivity contribution in [1.29, 1.82) is 0 Å². The van der Waals surface area contributed by atoms with Crippen LogP contribution in [-0.4, -0.2) is 49.9 Å². The van der Waals surface area contributed by atoms with Crippen molar-refractivity contribution < 1.29 is 9.59 Å². The minimum Gasteiger partial charge on any atom is -0.358 e. The zero-order valence-electron chi connectivity index (χ0n) is 10.5. The Labute approximate surface area is 102 Å². The zero-order chi connectivity index (χ0) is 12.4. The third-order valence-corrected chi connectivity index (χ3v) is 4.05. The minimum atomic E-state index is -0.123. The second-order valence-corrected chi connectivity index (χ2v) is 5.11. The van der Waals surface area contributed by atoms with E-state index in [-0.39, 0.29) is 24.4 Å². The van der Waals surface area contributed by atoms with Gasteiger partial charge in [-0.2, -0.15) is 0 Å². The van der Waals surface area contributed by atoms with Crippen molar-refractivity contribution in [3.05, 3.63) is 0 Å². The number of carbonyl (C=O) groups is 2. The Morgan fingerprint density at radius 3 is 2.88 bits per heavy atom. The summed E-state index contributed by atoms with van der Waals surface area (Å²) in [4.78, 5) is 25.0. The van der Waals surface area contributed by atoms with Gasteiger partial charge in [0, 0.05) is 14.1 Å². The fourth-order valence-electron chi connectivity index (χ4n) is 3.07. The SMILES string of the molecule is CNC(=O)CN(C)C(=O)C1NCC2CCCC21. The molecule has 3 atom stereocenters. The molecule has 3 unspecified atom stereocenters. The first-order valence-corrected chi connectivity index (χ1v) is 6.32. The number of fused-ring (bicyclic) bond motifs is 1. The van der Waals surface area contributed by atoms with E-state index in [1.807, 2.05) is 0 Å². The lowest BCUT2D eigenvalue weighted by Crippen LogP contribution is -2.47. The van der Waals surface area contributed by atoms with Gasteiger partial charge < -0.3 is 15.5 Å². The highest BCUT2D eigenvalue weighted by Gasteiger charge is 2.43. The Hall–Kier alpha value is -1.10. The molecule has 1 aliphatic heterocycles. The summed E-state index contributed by atoms with van der Waals surface area (Å²) in [7, 11) is 3.28. The highest BCUT2D eigenvalue weighted by atomic mass is 16.2. The molecule has 2 rings (SSSR count). The second kappa shape index (κ2) is 5.04. The first kappa shape index (κ1) is 12.4. The van der Waals surface area contributed by atoms with E-state index in [1.54, 1.807) is 14.1 Å². The standard InChI is InChI=1S/C12H21N3O2/c1-13-10(16)7-15(2)12(17)11-9-5-3-4-8(9)6-14-11/h8-9,11,14H,3-7H2,1-2H3,(H,13,16). The van der Waals surface area contributed by atoms with Crippen LogP contribution in [0.4, 0.5) is 0 Å². The number of hydrogen-bond donors (Lipinski definition) is 2. The lowest BCUT2D eigenvalue weighted by Gasteiger charge is -2.24. The molecule has 1 saturated carbocycles. The highest BCUT2D eigenvalue weighted by molar-refractivity contribution is 5.87. The molecule has 2 aliphatic rings. The van der Waals surface area contributed by atoms with Crippen molar-refractivity contribution in [3.63, 3.8) is 0 Å². The molecular formula is C12H21N3O2. The molecule has 2 N–H and O–H groups in total. The van der Waals surface area contributed by atoms with Gasteiger partial charge in [0.1, 0.15) is 0 Å². The molecule has 0 aromatic rings. The lowest BCUT2D eigenvalue weighted by molar-refractivity contribution is -0.136. The van der Waals surface area contributed by atoms with Crippen LogP contribution in [-0.2, 0) is 9.59 Å². The fraction of sp³-hybridized carbons (Fsp3) is 0.833. The maximum atomic E-state index is 12.2. The van der Waals surface area contributed by atoms with Crippen LogP contribution in [0.3, 0.4) is 0 Å². The van der Waals surface area contributed by atoms with Crippen LogP contribution >= 0.6 is 0 Å². The second-order valence-electron chi connectivity index (χ2n) is 5.11. The number of nitrogens with zero attached hydrogens (tertiary/aromatic N) is 1. The maximum absolute atomic E-state index is 12.2. The summed E-state index contributed by atoms with van der Waals surface area (Å²) < 4.78 is 0. The van der Waals surface area contributed by atoms with E-state index < -0.39 is 0 Å². The number of nitrogens with one attached hydrogen (secondary N) is 2. The largest absolute Gasteiger partial charge is 0.358 e. The maximum Gasteiger partial charge on any atom is 0.240 e. The zero-order valence-corrected chi connectivity index (χ0v) is 10.5. The molecule has 0 aromatic heterocycles. The Bertz CT molecular complexity index is 319. The fourth-order valence-corrected chi connectivity index (χ4v) is 3.07. The average molecular weight is 239 g/mol. The summed E-state index contributed by atoms with van der Waals surface area (Å²) in [5.74, 6) is 1.08. The molecule has 17 heavy (non-hydrogen) atoms. The van der Waals surface area contributed by atoms with E-state index in [0.717, 1.165) is 13.0 Å². The van der Waals surface area contributed by atoms with E-state index >= 15 is 0 Å². The van der Waals surface area contributed by atoms with Crippen LogP contribution in [0.25, 0.3) is 0 Å². The van der Waals surface area contributed by atoms with Gasteiger partial charge in [0.05, 0.1) is 12.6 Å². The normalized spacial score (nSPS) is 31.1. The predicted octanol–water partition coefficient (Wildman–Crippen LogP) is -0.421. The summed E-state index contributed by atoms with van der Waals surface area (Å²) in [5.41, 5.74) is 0. The number of amides is 2. The summed E-state index contributed by atoms with van der Waals surface area (Å²) in [6.45, 7) is 1.10. The van der Waals surface area contributed by atoms with Crippen LogP contribution in [0.1, 0.15) is 19.3 Å². The summed E-state index contributed by atoms with van der Waals surface area (Å²) in [5, 5.41) is 5.84. The van der Waals surface area contributed by atoms with E-state index in [1.165, 1.54) is 17.7 Å². The first-order valence-electron chi connectivity index (χ1n) is 6.32. The molecule has 1 heterocycles. The van der Waals surface area contributed by atoms with E-state index in [4.69, 9.17) is 0 Å². The smallest absolute Gasteiger partial charge is 0.240 e.